The summed E-state index contributed by atoms with van der Waals surface area (Å²) in [5.41, 5.74) is 1.44. The average molecular weight is 401 g/mol. The third-order valence-electron chi connectivity index (χ3n) is 5.58. The first kappa shape index (κ1) is 19.6. The quantitative estimate of drug-likeness (QED) is 0.703. The highest BCUT2D eigenvalue weighted by molar-refractivity contribution is 6.08. The molecule has 2 heterocycles. The van der Waals surface area contributed by atoms with Crippen LogP contribution in [0.4, 0.5) is 13.6 Å². The topological polar surface area (TPSA) is 48.7 Å². The molecule has 7 heteroatoms. The number of aromatic nitrogens is 1. The lowest BCUT2D eigenvalue weighted by molar-refractivity contribution is 0.0726. The van der Waals surface area contributed by atoms with Gasteiger partial charge in [0.2, 0.25) is 0 Å². The van der Waals surface area contributed by atoms with Crippen molar-refractivity contribution >= 4 is 27.8 Å². The van der Waals surface area contributed by atoms with Gasteiger partial charge in [-0.2, -0.15) is 0 Å². The molecule has 0 aliphatic carbocycles. The predicted octanol–water partition coefficient (Wildman–Crippen LogP) is 3.97. The Hall–Kier alpha value is -2.67. The third kappa shape index (κ3) is 3.67. The highest BCUT2D eigenvalue weighted by Crippen LogP contribution is 2.30. The Morgan fingerprint density at radius 2 is 1.55 bits per heavy atom. The van der Waals surface area contributed by atoms with Crippen molar-refractivity contribution in [1.29, 1.82) is 0 Å². The van der Waals surface area contributed by atoms with Gasteiger partial charge in [-0.3, -0.25) is 0 Å². The molecule has 29 heavy (non-hydrogen) atoms. The van der Waals surface area contributed by atoms with Gasteiger partial charge < -0.3 is 19.5 Å². The summed E-state index contributed by atoms with van der Waals surface area (Å²) in [5.74, 6) is -0.789. The molecular formula is C22H25F2N3O2. The predicted molar refractivity (Wildman–Crippen MR) is 109 cm³/mol. The number of aliphatic hydroxyl groups is 1. The number of rotatable bonds is 5. The van der Waals surface area contributed by atoms with Crippen LogP contribution in [0.25, 0.3) is 21.8 Å². The zero-order valence-corrected chi connectivity index (χ0v) is 16.6. The fraction of sp³-hybridized carbons (Fsp3) is 0.409. The van der Waals surface area contributed by atoms with Crippen molar-refractivity contribution in [3.8, 4) is 0 Å². The molecule has 1 aliphatic heterocycles. The van der Waals surface area contributed by atoms with Gasteiger partial charge in [0.15, 0.2) is 0 Å². The van der Waals surface area contributed by atoms with Crippen LogP contribution in [-0.2, 0) is 6.54 Å². The summed E-state index contributed by atoms with van der Waals surface area (Å²) >= 11 is 0. The molecule has 5 nitrogen and oxygen atoms in total. The summed E-state index contributed by atoms with van der Waals surface area (Å²) < 4.78 is 29.4. The maximum atomic E-state index is 13.8. The van der Waals surface area contributed by atoms with Crippen LogP contribution in [0, 0.1) is 11.6 Å². The van der Waals surface area contributed by atoms with E-state index in [4.69, 9.17) is 0 Å². The van der Waals surface area contributed by atoms with E-state index in [1.165, 1.54) is 24.3 Å². The number of benzene rings is 2. The second-order valence-corrected chi connectivity index (χ2v) is 7.96. The lowest BCUT2D eigenvalue weighted by atomic mass is 10.1. The van der Waals surface area contributed by atoms with Crippen LogP contribution in [0.15, 0.2) is 36.4 Å². The minimum Gasteiger partial charge on any atom is -0.389 e. The van der Waals surface area contributed by atoms with E-state index in [0.717, 1.165) is 24.0 Å². The molecule has 3 aromatic rings. The molecule has 1 aromatic heterocycles. The van der Waals surface area contributed by atoms with Gasteiger partial charge >= 0.3 is 6.03 Å². The molecule has 154 valence electrons. The van der Waals surface area contributed by atoms with Crippen LogP contribution >= 0.6 is 0 Å². The second-order valence-electron chi connectivity index (χ2n) is 7.96. The average Bonchev–Trinajstić information content (AvgIpc) is 2.95. The Morgan fingerprint density at radius 3 is 2.10 bits per heavy atom. The molecule has 2 aromatic carbocycles. The minimum atomic E-state index is -0.806. The van der Waals surface area contributed by atoms with Crippen LogP contribution in [-0.4, -0.2) is 57.3 Å². The molecule has 4 rings (SSSR count). The zero-order chi connectivity index (χ0) is 20.7. The zero-order valence-electron chi connectivity index (χ0n) is 16.6. The first-order valence-electron chi connectivity index (χ1n) is 9.96. The van der Waals surface area contributed by atoms with E-state index in [2.05, 4.69) is 0 Å². The van der Waals surface area contributed by atoms with Crippen molar-refractivity contribution < 1.29 is 18.7 Å². The SMILES string of the molecule is CC(C)N1CCCN(CC(O)Cn2c3ccc(F)cc3c3cc(F)ccc32)C1=O. The molecule has 1 N–H and O–H groups in total. The van der Waals surface area contributed by atoms with Gasteiger partial charge in [0.1, 0.15) is 11.6 Å². The van der Waals surface area contributed by atoms with Gasteiger partial charge in [-0.05, 0) is 56.7 Å². The van der Waals surface area contributed by atoms with Crippen molar-refractivity contribution in [2.75, 3.05) is 19.6 Å². The lowest BCUT2D eigenvalue weighted by Gasteiger charge is -2.38. The number of β-amino-alcohol motifs (C(OH)–C–C–N with tert-alkyl or cyclic N) is 1. The number of carbonyl (C=O) groups excluding carboxylic acids is 1. The number of hydrogen-bond acceptors (Lipinski definition) is 2. The molecule has 0 radical (unpaired) electrons. The van der Waals surface area contributed by atoms with Gasteiger partial charge in [0.25, 0.3) is 0 Å². The second kappa shape index (κ2) is 7.63. The molecular weight excluding hydrogens is 376 g/mol. The van der Waals surface area contributed by atoms with Crippen molar-refractivity contribution in [3.63, 3.8) is 0 Å². The number of nitrogens with zero attached hydrogens (tertiary/aromatic N) is 3. The van der Waals surface area contributed by atoms with Crippen molar-refractivity contribution in [2.24, 2.45) is 0 Å². The summed E-state index contributed by atoms with van der Waals surface area (Å²) in [5, 5.41) is 12.0. The van der Waals surface area contributed by atoms with Crippen LogP contribution in [0.1, 0.15) is 20.3 Å². The van der Waals surface area contributed by atoms with Gasteiger partial charge in [0, 0.05) is 40.9 Å². The van der Waals surface area contributed by atoms with Crippen molar-refractivity contribution in [1.82, 2.24) is 14.4 Å². The summed E-state index contributed by atoms with van der Waals surface area (Å²) in [6, 6.07) is 8.82. The Balaban J connectivity index is 1.62. The molecule has 1 aliphatic rings. The molecule has 1 fully saturated rings. The summed E-state index contributed by atoms with van der Waals surface area (Å²) in [6.45, 7) is 5.74. The molecule has 1 atom stereocenters. The van der Waals surface area contributed by atoms with Gasteiger partial charge in [-0.1, -0.05) is 0 Å². The highest BCUT2D eigenvalue weighted by Gasteiger charge is 2.29. The fourth-order valence-electron chi connectivity index (χ4n) is 4.22. The maximum absolute atomic E-state index is 13.8. The number of halogens is 2. The Labute approximate surface area is 168 Å². The van der Waals surface area contributed by atoms with E-state index in [1.54, 1.807) is 17.0 Å². The van der Waals surface area contributed by atoms with E-state index in [0.29, 0.717) is 17.3 Å². The van der Waals surface area contributed by atoms with E-state index < -0.39 is 17.7 Å². The Morgan fingerprint density at radius 1 is 0.966 bits per heavy atom. The number of hydrogen-bond donors (Lipinski definition) is 1. The smallest absolute Gasteiger partial charge is 0.320 e. The van der Waals surface area contributed by atoms with Crippen molar-refractivity contribution in [2.45, 2.75) is 39.0 Å². The Kier molecular flexibility index (Phi) is 5.17. The first-order chi connectivity index (χ1) is 13.8. The highest BCUT2D eigenvalue weighted by atomic mass is 19.1. The van der Waals surface area contributed by atoms with Crippen LogP contribution in [0.5, 0.6) is 0 Å². The van der Waals surface area contributed by atoms with Crippen molar-refractivity contribution in [3.05, 3.63) is 48.0 Å². The van der Waals surface area contributed by atoms with E-state index >= 15 is 0 Å². The van der Waals surface area contributed by atoms with Gasteiger partial charge in [-0.25, -0.2) is 13.6 Å². The van der Waals surface area contributed by atoms with Crippen LogP contribution in [0.3, 0.4) is 0 Å². The molecule has 0 spiro atoms. The minimum absolute atomic E-state index is 0.0586. The monoisotopic (exact) mass is 401 g/mol. The molecule has 0 saturated carbocycles. The standard InChI is InChI=1S/C22H25F2N3O2/c1-14(2)26-9-3-8-25(22(26)29)12-17(28)13-27-20-6-4-15(23)10-18(20)19-11-16(24)5-7-21(19)27/h4-7,10-11,14,17,28H,3,8-9,12-13H2,1-2H3. The number of aliphatic hydroxyl groups excluding tert-OH is 1. The van der Waals surface area contributed by atoms with E-state index in [9.17, 15) is 18.7 Å². The van der Waals surface area contributed by atoms with Crippen LogP contribution < -0.4 is 0 Å². The summed E-state index contributed by atoms with van der Waals surface area (Å²) in [6.07, 6.45) is 0.0601. The normalized spacial score (nSPS) is 16.4. The summed E-state index contributed by atoms with van der Waals surface area (Å²) in [4.78, 5) is 16.1. The third-order valence-corrected chi connectivity index (χ3v) is 5.58. The molecule has 1 saturated heterocycles. The fourth-order valence-corrected chi connectivity index (χ4v) is 4.22. The number of urea groups is 1. The first-order valence-corrected chi connectivity index (χ1v) is 9.96. The maximum Gasteiger partial charge on any atom is 0.320 e. The Bertz CT molecular complexity index is 1000. The largest absolute Gasteiger partial charge is 0.389 e. The van der Waals surface area contributed by atoms with E-state index in [1.807, 2.05) is 23.3 Å². The molecule has 0 bridgehead atoms. The molecule has 2 amide bonds. The molecule has 1 unspecified atom stereocenters. The number of amides is 2. The van der Waals surface area contributed by atoms with Gasteiger partial charge in [0.05, 0.1) is 19.2 Å². The lowest BCUT2D eigenvalue weighted by Crippen LogP contribution is -2.53. The number of carbonyl (C=O) groups is 1. The van der Waals surface area contributed by atoms with Crippen LogP contribution in [0.2, 0.25) is 0 Å². The summed E-state index contributed by atoms with van der Waals surface area (Å²) in [7, 11) is 0. The van der Waals surface area contributed by atoms with E-state index in [-0.39, 0.29) is 25.2 Å². The number of fused-ring (bicyclic) bond motifs is 3. The van der Waals surface area contributed by atoms with Gasteiger partial charge in [-0.15, -0.1) is 0 Å².